The largest absolute Gasteiger partial charge is 0.508 e. The van der Waals surface area contributed by atoms with Crippen molar-refractivity contribution in [1.82, 2.24) is 9.80 Å². The van der Waals surface area contributed by atoms with Gasteiger partial charge in [-0.2, -0.15) is 0 Å². The van der Waals surface area contributed by atoms with E-state index in [4.69, 9.17) is 5.73 Å². The number of aliphatic hydroxyl groups excluding tert-OH is 2. The van der Waals surface area contributed by atoms with Crippen LogP contribution in [0, 0.1) is 11.8 Å². The molecule has 1 aromatic rings. The Morgan fingerprint density at radius 1 is 1.18 bits per heavy atom. The molecule has 1 fully saturated rings. The van der Waals surface area contributed by atoms with Crippen LogP contribution in [0.1, 0.15) is 30.0 Å². The molecule has 0 radical (unpaired) electrons. The van der Waals surface area contributed by atoms with Gasteiger partial charge in [0.1, 0.15) is 29.5 Å². The molecule has 1 amide bonds. The fraction of sp³-hybridized carbons (Fsp3) is 0.536. The third-order valence-corrected chi connectivity index (χ3v) is 8.65. The predicted octanol–water partition coefficient (Wildman–Crippen LogP) is 0.820. The van der Waals surface area contributed by atoms with E-state index >= 15 is 0 Å². The molecule has 4 rings (SSSR count). The Labute approximate surface area is 232 Å². The third kappa shape index (κ3) is 4.16. The first-order valence-corrected chi connectivity index (χ1v) is 13.0. The van der Waals surface area contributed by atoms with E-state index in [1.54, 1.807) is 58.0 Å². The van der Waals surface area contributed by atoms with Gasteiger partial charge in [0.2, 0.25) is 5.78 Å². The molecule has 0 aromatic heterocycles. The van der Waals surface area contributed by atoms with Crippen LogP contribution in [0.3, 0.4) is 0 Å². The lowest BCUT2D eigenvalue weighted by molar-refractivity contribution is -0.153. The first-order valence-electron chi connectivity index (χ1n) is 13.0. The summed E-state index contributed by atoms with van der Waals surface area (Å²) in [6.45, 7) is 1.24. The second-order valence-electron chi connectivity index (χ2n) is 11.5. The lowest BCUT2D eigenvalue weighted by atomic mass is 9.57. The topological polar surface area (TPSA) is 168 Å². The van der Waals surface area contributed by atoms with Gasteiger partial charge >= 0.3 is 0 Å². The van der Waals surface area contributed by atoms with Crippen LogP contribution < -0.4 is 10.6 Å². The Morgan fingerprint density at radius 2 is 1.80 bits per heavy atom. The van der Waals surface area contributed by atoms with Gasteiger partial charge in [-0.05, 0) is 58.5 Å². The molecule has 5 atom stereocenters. The van der Waals surface area contributed by atoms with E-state index in [9.17, 15) is 39.2 Å². The number of fused-ring (bicyclic) bond motifs is 3. The van der Waals surface area contributed by atoms with Gasteiger partial charge in [0.15, 0.2) is 11.4 Å². The standard InChI is InChI=1S/C28H37FN4O7/c1-12(10-29)33(6)11-14-9-17(31(2)3)15-7-13-8-16-21(32(4)5)24(36)20(27(30)39)26(38)28(16,40)25(37)18(13)23(35)19(15)22(14)34/h9,12-13,16,21,34-35,38,40H,7-8,10-11H2,1-6H3,(H2,30,39)/t12?,13?,16-,21-,28-/m0/s1. The average molecular weight is 561 g/mol. The van der Waals surface area contributed by atoms with E-state index < -0.39 is 70.8 Å². The second kappa shape index (κ2) is 10.2. The van der Waals surface area contributed by atoms with E-state index in [0.29, 0.717) is 16.8 Å². The van der Waals surface area contributed by atoms with Crippen molar-refractivity contribution in [3.05, 3.63) is 39.7 Å². The van der Waals surface area contributed by atoms with Crippen LogP contribution in [0.2, 0.25) is 0 Å². The van der Waals surface area contributed by atoms with Crippen LogP contribution in [-0.2, 0) is 27.3 Å². The lowest BCUT2D eigenvalue weighted by Gasteiger charge is -2.50. The molecular formula is C28H37FN4O7. The highest BCUT2D eigenvalue weighted by molar-refractivity contribution is 6.24. The number of ketones is 2. The normalized spacial score (nSPS) is 27.1. The number of alkyl halides is 1. The summed E-state index contributed by atoms with van der Waals surface area (Å²) in [5.74, 6) is -6.92. The van der Waals surface area contributed by atoms with Crippen molar-refractivity contribution in [3.8, 4) is 5.75 Å². The number of likely N-dealkylation sites (N-methyl/N-ethyl adjacent to an activating group) is 1. The number of hydrogen-bond donors (Lipinski definition) is 5. The number of benzene rings is 1. The van der Waals surface area contributed by atoms with Crippen molar-refractivity contribution < 1.29 is 39.2 Å². The minimum Gasteiger partial charge on any atom is -0.508 e. The molecule has 0 heterocycles. The fourth-order valence-corrected chi connectivity index (χ4v) is 6.41. The molecule has 0 saturated heterocycles. The third-order valence-electron chi connectivity index (χ3n) is 8.65. The molecule has 11 nitrogen and oxygen atoms in total. The summed E-state index contributed by atoms with van der Waals surface area (Å²) in [4.78, 5) is 44.3. The number of aliphatic hydroxyl groups is 3. The summed E-state index contributed by atoms with van der Waals surface area (Å²) in [5, 5.41) is 45.6. The van der Waals surface area contributed by atoms with E-state index in [1.807, 2.05) is 0 Å². The summed E-state index contributed by atoms with van der Waals surface area (Å²) >= 11 is 0. The number of carbonyl (C=O) groups is 3. The maximum atomic E-state index is 14.0. The van der Waals surface area contributed by atoms with E-state index in [2.05, 4.69) is 0 Å². The highest BCUT2D eigenvalue weighted by Crippen LogP contribution is 2.54. The van der Waals surface area contributed by atoms with Gasteiger partial charge in [0.25, 0.3) is 5.91 Å². The Balaban J connectivity index is 1.95. The Bertz CT molecular complexity index is 1350. The average Bonchev–Trinajstić information content (AvgIpc) is 2.86. The number of rotatable bonds is 7. The van der Waals surface area contributed by atoms with Crippen molar-refractivity contribution >= 4 is 28.9 Å². The van der Waals surface area contributed by atoms with Crippen molar-refractivity contribution in [1.29, 1.82) is 0 Å². The highest BCUT2D eigenvalue weighted by atomic mass is 19.1. The number of halogens is 1. The maximum absolute atomic E-state index is 14.0. The van der Waals surface area contributed by atoms with Gasteiger partial charge in [0.05, 0.1) is 11.6 Å². The molecule has 0 aliphatic heterocycles. The quantitative estimate of drug-likeness (QED) is 0.301. The Hall–Kier alpha value is -3.48. The molecule has 40 heavy (non-hydrogen) atoms. The first kappa shape index (κ1) is 29.5. The molecule has 12 heteroatoms. The summed E-state index contributed by atoms with van der Waals surface area (Å²) in [7, 11) is 8.39. The van der Waals surface area contributed by atoms with Gasteiger partial charge in [-0.1, -0.05) is 0 Å². The summed E-state index contributed by atoms with van der Waals surface area (Å²) in [6, 6.07) is 0.179. The Kier molecular flexibility index (Phi) is 7.50. The minimum absolute atomic E-state index is 0.0118. The number of primary amides is 1. The van der Waals surface area contributed by atoms with Crippen LogP contribution in [-0.4, -0.2) is 107 Å². The zero-order valence-corrected chi connectivity index (χ0v) is 23.5. The number of nitrogens with zero attached hydrogens (tertiary/aromatic N) is 3. The van der Waals surface area contributed by atoms with Crippen LogP contribution in [0.5, 0.6) is 5.75 Å². The number of phenols is 1. The monoisotopic (exact) mass is 560 g/mol. The molecule has 0 spiro atoms. The van der Waals surface area contributed by atoms with Gasteiger partial charge in [-0.25, -0.2) is 4.39 Å². The number of nitrogens with two attached hydrogens (primary N) is 1. The maximum Gasteiger partial charge on any atom is 0.255 e. The van der Waals surface area contributed by atoms with Crippen LogP contribution in [0.15, 0.2) is 23.0 Å². The fourth-order valence-electron chi connectivity index (χ4n) is 6.41. The van der Waals surface area contributed by atoms with Crippen molar-refractivity contribution in [2.24, 2.45) is 17.6 Å². The van der Waals surface area contributed by atoms with Crippen molar-refractivity contribution in [2.45, 2.75) is 44.0 Å². The molecule has 1 aromatic carbocycles. The van der Waals surface area contributed by atoms with Crippen LogP contribution in [0.25, 0.3) is 5.76 Å². The lowest BCUT2D eigenvalue weighted by Crippen LogP contribution is -2.65. The summed E-state index contributed by atoms with van der Waals surface area (Å²) < 4.78 is 13.3. The first-order chi connectivity index (χ1) is 18.6. The van der Waals surface area contributed by atoms with E-state index in [-0.39, 0.29) is 36.3 Å². The molecule has 6 N–H and O–H groups in total. The van der Waals surface area contributed by atoms with E-state index in [1.165, 1.54) is 4.90 Å². The van der Waals surface area contributed by atoms with Crippen LogP contribution >= 0.6 is 0 Å². The van der Waals surface area contributed by atoms with Gasteiger partial charge < -0.3 is 31.1 Å². The molecule has 2 unspecified atom stereocenters. The van der Waals surface area contributed by atoms with E-state index in [0.717, 1.165) is 0 Å². The molecular weight excluding hydrogens is 523 g/mol. The molecule has 3 aliphatic rings. The second-order valence-corrected chi connectivity index (χ2v) is 11.5. The van der Waals surface area contributed by atoms with Gasteiger partial charge in [-0.15, -0.1) is 0 Å². The number of amides is 1. The summed E-state index contributed by atoms with van der Waals surface area (Å²) in [5.41, 5.74) is 3.25. The molecule has 1 saturated carbocycles. The minimum atomic E-state index is -2.70. The molecule has 3 aliphatic carbocycles. The van der Waals surface area contributed by atoms with Crippen LogP contribution in [0.4, 0.5) is 10.1 Å². The summed E-state index contributed by atoms with van der Waals surface area (Å²) in [6.07, 6.45) is 0.199. The van der Waals surface area contributed by atoms with Gasteiger partial charge in [0, 0.05) is 49.4 Å². The highest BCUT2D eigenvalue weighted by Gasteiger charge is 2.64. The van der Waals surface area contributed by atoms with Crippen molar-refractivity contribution in [2.75, 3.05) is 46.8 Å². The van der Waals surface area contributed by atoms with Gasteiger partial charge in [-0.3, -0.25) is 24.2 Å². The number of anilines is 1. The number of carbonyl (C=O) groups excluding carboxylic acids is 3. The predicted molar refractivity (Wildman–Crippen MR) is 145 cm³/mol. The zero-order valence-electron chi connectivity index (χ0n) is 23.5. The SMILES string of the molecule is CC(CF)N(C)Cc1cc(N(C)C)c2c(c1O)C(O)=C1C(=O)[C@]3(O)C(O)=C(C(N)=O)C(=O)[C@@H](N(C)C)[C@@H]3CC1C2. The van der Waals surface area contributed by atoms with Crippen molar-refractivity contribution in [3.63, 3.8) is 0 Å². The zero-order chi connectivity index (χ0) is 30.0. The Morgan fingerprint density at radius 3 is 2.33 bits per heavy atom. The molecule has 218 valence electrons. The number of aromatic hydroxyl groups is 1. The molecule has 0 bridgehead atoms. The number of Topliss-reactive ketones (excluding diaryl/α,β-unsaturated/α-hetero) is 2. The number of phenolic OH excluding ortho intramolecular Hbond substituents is 1. The number of hydrogen-bond acceptors (Lipinski definition) is 10. The smallest absolute Gasteiger partial charge is 0.255 e.